The van der Waals surface area contributed by atoms with E-state index in [1.165, 1.54) is 276 Å². The second kappa shape index (κ2) is 59.2. The first kappa shape index (κ1) is 67.6. The van der Waals surface area contributed by atoms with Crippen LogP contribution in [0.25, 0.3) is 0 Å². The van der Waals surface area contributed by atoms with Gasteiger partial charge in [0, 0.05) is 12.8 Å². The van der Waals surface area contributed by atoms with Gasteiger partial charge in [0.25, 0.3) is 0 Å². The van der Waals surface area contributed by atoms with Crippen molar-refractivity contribution in [2.45, 2.75) is 366 Å². The first-order chi connectivity index (χ1) is 34.0. The lowest BCUT2D eigenvalue weighted by Gasteiger charge is -2.22. The maximum atomic E-state index is 12.5. The molecule has 0 heterocycles. The van der Waals surface area contributed by atoms with E-state index in [-0.39, 0.29) is 18.5 Å². The summed E-state index contributed by atoms with van der Waals surface area (Å²) < 4.78 is 5.50. The molecule has 0 rings (SSSR count). The summed E-state index contributed by atoms with van der Waals surface area (Å²) in [6.07, 6.45) is 70.7. The molecule has 0 spiro atoms. The SMILES string of the molecule is CCCCCCCC/C=C\CCCCCCCCCCCC(=O)OCCCCCCCCCCCCCCCCCCCCC(=O)NC(CO)C(O)CCCCCCCCCCCCCCCCC. The van der Waals surface area contributed by atoms with E-state index >= 15 is 0 Å². The third-order valence-electron chi connectivity index (χ3n) is 14.8. The molecule has 6 nitrogen and oxygen atoms in total. The number of esters is 1. The molecule has 0 saturated carbocycles. The van der Waals surface area contributed by atoms with Crippen molar-refractivity contribution >= 4 is 11.9 Å². The van der Waals surface area contributed by atoms with E-state index in [0.717, 1.165) is 44.9 Å². The quantitative estimate of drug-likeness (QED) is 0.0321. The molecule has 6 heteroatoms. The molecule has 0 aromatic carbocycles. The highest BCUT2D eigenvalue weighted by molar-refractivity contribution is 5.76. The van der Waals surface area contributed by atoms with E-state index in [4.69, 9.17) is 4.74 Å². The molecule has 0 fully saturated rings. The zero-order chi connectivity index (χ0) is 50.0. The van der Waals surface area contributed by atoms with Crippen molar-refractivity contribution in [2.75, 3.05) is 13.2 Å². The molecule has 0 aromatic heterocycles. The van der Waals surface area contributed by atoms with Crippen LogP contribution in [0.5, 0.6) is 0 Å². The third-order valence-corrected chi connectivity index (χ3v) is 14.8. The summed E-state index contributed by atoms with van der Waals surface area (Å²) in [5, 5.41) is 23.3. The van der Waals surface area contributed by atoms with Gasteiger partial charge in [-0.05, 0) is 51.4 Å². The molecule has 0 aromatic rings. The highest BCUT2D eigenvalue weighted by Gasteiger charge is 2.20. The summed E-state index contributed by atoms with van der Waals surface area (Å²) in [7, 11) is 0. The first-order valence-electron chi connectivity index (χ1n) is 31.4. The van der Waals surface area contributed by atoms with Crippen LogP contribution in [0, 0.1) is 0 Å². The minimum atomic E-state index is -0.666. The van der Waals surface area contributed by atoms with Gasteiger partial charge in [-0.1, -0.05) is 302 Å². The van der Waals surface area contributed by atoms with Crippen LogP contribution in [0.15, 0.2) is 12.2 Å². The van der Waals surface area contributed by atoms with Crippen molar-refractivity contribution in [3.63, 3.8) is 0 Å². The largest absolute Gasteiger partial charge is 0.466 e. The average molecular weight is 975 g/mol. The molecular weight excluding hydrogens is 851 g/mol. The van der Waals surface area contributed by atoms with Crippen LogP contribution >= 0.6 is 0 Å². The number of aliphatic hydroxyl groups excluding tert-OH is 2. The zero-order valence-corrected chi connectivity index (χ0v) is 46.8. The second-order valence-electron chi connectivity index (χ2n) is 21.7. The number of amides is 1. The predicted octanol–water partition coefficient (Wildman–Crippen LogP) is 19.6. The normalized spacial score (nSPS) is 12.6. The number of ether oxygens (including phenoxy) is 1. The molecule has 2 unspecified atom stereocenters. The van der Waals surface area contributed by atoms with Crippen LogP contribution in [-0.4, -0.2) is 47.4 Å². The molecule has 3 N–H and O–H groups in total. The fourth-order valence-electron chi connectivity index (χ4n) is 9.99. The Labute approximate surface area is 431 Å². The van der Waals surface area contributed by atoms with Crippen LogP contribution < -0.4 is 5.32 Å². The molecular formula is C63H123NO5. The fourth-order valence-corrected chi connectivity index (χ4v) is 9.99. The van der Waals surface area contributed by atoms with Crippen molar-refractivity contribution in [3.8, 4) is 0 Å². The van der Waals surface area contributed by atoms with E-state index in [1.54, 1.807) is 0 Å². The van der Waals surface area contributed by atoms with Crippen molar-refractivity contribution in [1.29, 1.82) is 0 Å². The Kier molecular flexibility index (Phi) is 58.0. The van der Waals surface area contributed by atoms with Gasteiger partial charge in [-0.2, -0.15) is 0 Å². The standard InChI is InChI=1S/C63H123NO5/c1-3-5-7-9-11-13-15-17-19-20-21-25-29-33-37-41-45-49-53-57-63(68)69-58-54-50-46-42-38-34-30-26-23-22-24-28-32-36-40-44-48-52-56-62(67)64-60(59-65)61(66)55-51-47-43-39-35-31-27-18-16-14-12-10-8-6-4-2/h17,19,60-61,65-66H,3-16,18,20-59H2,1-2H3,(H,64,67)/b19-17-. The number of rotatable bonds is 59. The average Bonchev–Trinajstić information content (AvgIpc) is 3.35. The van der Waals surface area contributed by atoms with Crippen molar-refractivity contribution in [3.05, 3.63) is 12.2 Å². The summed E-state index contributed by atoms with van der Waals surface area (Å²) in [6, 6.07) is -0.544. The molecule has 2 atom stereocenters. The third kappa shape index (κ3) is 55.8. The molecule has 0 bridgehead atoms. The number of unbranched alkanes of at least 4 members (excludes halogenated alkanes) is 46. The monoisotopic (exact) mass is 974 g/mol. The summed E-state index contributed by atoms with van der Waals surface area (Å²) in [5.74, 6) is -0.0286. The lowest BCUT2D eigenvalue weighted by Crippen LogP contribution is -2.45. The highest BCUT2D eigenvalue weighted by atomic mass is 16.5. The van der Waals surface area contributed by atoms with Crippen molar-refractivity contribution < 1.29 is 24.5 Å². The number of nitrogens with one attached hydrogen (secondary N) is 1. The molecule has 0 saturated heterocycles. The van der Waals surface area contributed by atoms with Gasteiger partial charge in [-0.25, -0.2) is 0 Å². The van der Waals surface area contributed by atoms with E-state index in [2.05, 4.69) is 31.3 Å². The molecule has 1 amide bonds. The Balaban J connectivity index is 3.38. The zero-order valence-electron chi connectivity index (χ0n) is 46.8. The molecule has 410 valence electrons. The van der Waals surface area contributed by atoms with Gasteiger partial charge in [-0.15, -0.1) is 0 Å². The second-order valence-corrected chi connectivity index (χ2v) is 21.7. The number of carbonyl (C=O) groups is 2. The molecule has 0 aliphatic carbocycles. The van der Waals surface area contributed by atoms with Crippen LogP contribution in [0.4, 0.5) is 0 Å². The van der Waals surface area contributed by atoms with Crippen molar-refractivity contribution in [1.82, 2.24) is 5.32 Å². The highest BCUT2D eigenvalue weighted by Crippen LogP contribution is 2.18. The van der Waals surface area contributed by atoms with E-state index in [9.17, 15) is 19.8 Å². The summed E-state index contributed by atoms with van der Waals surface area (Å²) >= 11 is 0. The smallest absolute Gasteiger partial charge is 0.305 e. The maximum Gasteiger partial charge on any atom is 0.305 e. The van der Waals surface area contributed by atoms with E-state index < -0.39 is 12.1 Å². The van der Waals surface area contributed by atoms with Crippen LogP contribution in [0.1, 0.15) is 354 Å². The van der Waals surface area contributed by atoms with Gasteiger partial charge in [0.2, 0.25) is 5.91 Å². The van der Waals surface area contributed by atoms with Gasteiger partial charge in [-0.3, -0.25) is 9.59 Å². The lowest BCUT2D eigenvalue weighted by molar-refractivity contribution is -0.143. The Hall–Kier alpha value is -1.40. The molecule has 0 aliphatic heterocycles. The summed E-state index contributed by atoms with van der Waals surface area (Å²) in [5.41, 5.74) is 0. The van der Waals surface area contributed by atoms with E-state index in [0.29, 0.717) is 25.9 Å². The van der Waals surface area contributed by atoms with Crippen molar-refractivity contribution in [2.24, 2.45) is 0 Å². The van der Waals surface area contributed by atoms with Gasteiger partial charge >= 0.3 is 5.97 Å². The minimum absolute atomic E-state index is 0.00782. The number of carbonyl (C=O) groups excluding carboxylic acids is 2. The summed E-state index contributed by atoms with van der Waals surface area (Å²) in [4.78, 5) is 24.6. The fraction of sp³-hybridized carbons (Fsp3) is 0.937. The number of allylic oxidation sites excluding steroid dienone is 2. The topological polar surface area (TPSA) is 95.9 Å². The number of hydrogen-bond donors (Lipinski definition) is 3. The Bertz CT molecular complexity index is 1030. The Morgan fingerprint density at radius 2 is 0.681 bits per heavy atom. The van der Waals surface area contributed by atoms with Gasteiger partial charge in [0.05, 0.1) is 25.4 Å². The number of hydrogen-bond acceptors (Lipinski definition) is 5. The molecule has 0 radical (unpaired) electrons. The molecule has 0 aliphatic rings. The van der Waals surface area contributed by atoms with Crippen LogP contribution in [0.3, 0.4) is 0 Å². The summed E-state index contributed by atoms with van der Waals surface area (Å²) in [6.45, 7) is 4.97. The number of aliphatic hydroxyl groups is 2. The maximum absolute atomic E-state index is 12.5. The Morgan fingerprint density at radius 1 is 0.391 bits per heavy atom. The molecule has 69 heavy (non-hydrogen) atoms. The van der Waals surface area contributed by atoms with Gasteiger partial charge < -0.3 is 20.3 Å². The Morgan fingerprint density at radius 3 is 1.03 bits per heavy atom. The van der Waals surface area contributed by atoms with Gasteiger partial charge in [0.15, 0.2) is 0 Å². The van der Waals surface area contributed by atoms with E-state index in [1.807, 2.05) is 0 Å². The van der Waals surface area contributed by atoms with Gasteiger partial charge in [0.1, 0.15) is 0 Å². The lowest BCUT2D eigenvalue weighted by atomic mass is 10.0. The predicted molar refractivity (Wildman–Crippen MR) is 301 cm³/mol. The van der Waals surface area contributed by atoms with Crippen LogP contribution in [-0.2, 0) is 14.3 Å². The minimum Gasteiger partial charge on any atom is -0.466 e. The first-order valence-corrected chi connectivity index (χ1v) is 31.4. The van der Waals surface area contributed by atoms with Crippen LogP contribution in [0.2, 0.25) is 0 Å².